The van der Waals surface area contributed by atoms with Gasteiger partial charge in [-0.15, -0.1) is 0 Å². The highest BCUT2D eigenvalue weighted by Crippen LogP contribution is 2.46. The van der Waals surface area contributed by atoms with Gasteiger partial charge in [-0.2, -0.15) is 5.10 Å². The van der Waals surface area contributed by atoms with Crippen molar-refractivity contribution < 1.29 is 0 Å². The Kier molecular flexibility index (Phi) is 0.631. The predicted octanol–water partition coefficient (Wildman–Crippen LogP) is 1.55. The zero-order valence-electron chi connectivity index (χ0n) is 5.54. The van der Waals surface area contributed by atoms with Gasteiger partial charge in [-0.25, -0.2) is 0 Å². The molecular weight excluding hydrogens is 124 g/mol. The summed E-state index contributed by atoms with van der Waals surface area (Å²) in [5.41, 5.74) is 2.78. The van der Waals surface area contributed by atoms with Crippen LogP contribution < -0.4 is 0 Å². The van der Waals surface area contributed by atoms with E-state index < -0.39 is 0 Å². The second kappa shape index (κ2) is 1.34. The average molecular weight is 132 g/mol. The first-order chi connectivity index (χ1) is 4.95. The number of fused-ring (bicyclic) bond motifs is 5. The van der Waals surface area contributed by atoms with E-state index in [0.29, 0.717) is 11.8 Å². The average Bonchev–Trinajstić information content (AvgIpc) is 2.60. The van der Waals surface area contributed by atoms with E-state index in [0.717, 1.165) is 0 Å². The Morgan fingerprint density at radius 3 is 3.20 bits per heavy atom. The molecule has 1 N–H and O–H groups in total. The lowest BCUT2D eigenvalue weighted by atomic mass is 10.1. The van der Waals surface area contributed by atoms with Gasteiger partial charge in [-0.3, -0.25) is 5.10 Å². The number of aromatic amines is 1. The molecule has 1 aromatic heterocycles. The van der Waals surface area contributed by atoms with E-state index in [9.17, 15) is 0 Å². The molecular formula is C8H8N2. The number of rotatable bonds is 0. The molecule has 0 spiro atoms. The van der Waals surface area contributed by atoms with Gasteiger partial charge in [0.05, 0.1) is 6.20 Å². The summed E-state index contributed by atoms with van der Waals surface area (Å²) in [4.78, 5) is 0. The highest BCUT2D eigenvalue weighted by atomic mass is 15.1. The van der Waals surface area contributed by atoms with Crippen LogP contribution in [0.3, 0.4) is 0 Å². The van der Waals surface area contributed by atoms with Crippen LogP contribution in [0.1, 0.15) is 29.5 Å². The smallest absolute Gasteiger partial charge is 0.0528 e. The Morgan fingerprint density at radius 2 is 2.30 bits per heavy atom. The monoisotopic (exact) mass is 132 g/mol. The molecule has 0 aliphatic heterocycles. The summed E-state index contributed by atoms with van der Waals surface area (Å²) in [5.74, 6) is 1.33. The minimum atomic E-state index is 0.655. The zero-order valence-corrected chi connectivity index (χ0v) is 5.54. The maximum absolute atomic E-state index is 4.02. The quantitative estimate of drug-likeness (QED) is 0.533. The Hall–Kier alpha value is -1.05. The van der Waals surface area contributed by atoms with Crippen LogP contribution in [-0.2, 0) is 0 Å². The largest absolute Gasteiger partial charge is 0.282 e. The molecule has 50 valence electrons. The van der Waals surface area contributed by atoms with Crippen LogP contribution in [0, 0.1) is 0 Å². The van der Waals surface area contributed by atoms with Gasteiger partial charge in [0, 0.05) is 23.1 Å². The molecule has 2 nitrogen and oxygen atoms in total. The molecule has 2 bridgehead atoms. The molecule has 0 saturated carbocycles. The number of hydrogen-bond acceptors (Lipinski definition) is 1. The predicted molar refractivity (Wildman–Crippen MR) is 37.8 cm³/mol. The SMILES string of the molecule is C1=CC2CC1c1cn[nH]c12. The van der Waals surface area contributed by atoms with E-state index in [2.05, 4.69) is 22.3 Å². The second-order valence-electron chi connectivity index (χ2n) is 3.07. The maximum atomic E-state index is 4.02. The number of H-pyrrole nitrogens is 1. The molecule has 0 radical (unpaired) electrons. The van der Waals surface area contributed by atoms with Gasteiger partial charge in [0.25, 0.3) is 0 Å². The van der Waals surface area contributed by atoms with E-state index in [1.165, 1.54) is 17.7 Å². The summed E-state index contributed by atoms with van der Waals surface area (Å²) in [5, 5.41) is 7.07. The van der Waals surface area contributed by atoms with Gasteiger partial charge in [0.1, 0.15) is 0 Å². The number of nitrogens with one attached hydrogen (secondary N) is 1. The lowest BCUT2D eigenvalue weighted by molar-refractivity contribution is 0.774. The molecule has 3 rings (SSSR count). The highest BCUT2D eigenvalue weighted by molar-refractivity contribution is 5.42. The van der Waals surface area contributed by atoms with Crippen LogP contribution >= 0.6 is 0 Å². The van der Waals surface area contributed by atoms with Crippen LogP contribution in [0.2, 0.25) is 0 Å². The van der Waals surface area contributed by atoms with Gasteiger partial charge in [-0.1, -0.05) is 12.2 Å². The van der Waals surface area contributed by atoms with E-state index >= 15 is 0 Å². The third kappa shape index (κ3) is 0.365. The summed E-state index contributed by atoms with van der Waals surface area (Å²) in [6, 6.07) is 0. The van der Waals surface area contributed by atoms with Crippen molar-refractivity contribution in [2.45, 2.75) is 18.3 Å². The van der Waals surface area contributed by atoms with Crippen LogP contribution in [0.15, 0.2) is 18.3 Å². The third-order valence-corrected chi connectivity index (χ3v) is 2.55. The molecule has 2 aliphatic rings. The fourth-order valence-electron chi connectivity index (χ4n) is 2.04. The van der Waals surface area contributed by atoms with Crippen molar-refractivity contribution in [2.75, 3.05) is 0 Å². The summed E-state index contributed by atoms with van der Waals surface area (Å²) in [6.07, 6.45) is 7.82. The molecule has 1 heterocycles. The van der Waals surface area contributed by atoms with E-state index in [1.807, 2.05) is 6.20 Å². The van der Waals surface area contributed by atoms with Gasteiger partial charge < -0.3 is 0 Å². The van der Waals surface area contributed by atoms with Crippen molar-refractivity contribution in [1.29, 1.82) is 0 Å². The third-order valence-electron chi connectivity index (χ3n) is 2.55. The molecule has 10 heavy (non-hydrogen) atoms. The Balaban J connectivity index is 2.30. The summed E-state index contributed by atoms with van der Waals surface area (Å²) in [6.45, 7) is 0. The van der Waals surface area contributed by atoms with E-state index in [-0.39, 0.29) is 0 Å². The van der Waals surface area contributed by atoms with E-state index in [1.54, 1.807) is 0 Å². The number of hydrogen-bond donors (Lipinski definition) is 1. The number of allylic oxidation sites excluding steroid dienone is 2. The summed E-state index contributed by atoms with van der Waals surface area (Å²) < 4.78 is 0. The zero-order chi connectivity index (χ0) is 6.55. The molecule has 0 saturated heterocycles. The first-order valence-electron chi connectivity index (χ1n) is 3.66. The van der Waals surface area contributed by atoms with Crippen molar-refractivity contribution in [2.24, 2.45) is 0 Å². The lowest BCUT2D eigenvalue weighted by Gasteiger charge is -2.00. The van der Waals surface area contributed by atoms with Crippen molar-refractivity contribution in [1.82, 2.24) is 10.2 Å². The second-order valence-corrected chi connectivity index (χ2v) is 3.07. The molecule has 2 heteroatoms. The molecule has 0 amide bonds. The summed E-state index contributed by atoms with van der Waals surface area (Å²) >= 11 is 0. The Bertz CT molecular complexity index is 271. The number of nitrogens with zero attached hydrogens (tertiary/aromatic N) is 1. The lowest BCUT2D eigenvalue weighted by Crippen LogP contribution is -1.88. The molecule has 2 unspecified atom stereocenters. The fraction of sp³-hybridized carbons (Fsp3) is 0.375. The van der Waals surface area contributed by atoms with Crippen molar-refractivity contribution >= 4 is 0 Å². The minimum absolute atomic E-state index is 0.655. The van der Waals surface area contributed by atoms with Crippen molar-refractivity contribution in [3.05, 3.63) is 29.6 Å². The van der Waals surface area contributed by atoms with Crippen LogP contribution in [0.4, 0.5) is 0 Å². The standard InChI is InChI=1S/C8H8N2/c1-2-6-3-5(1)7-4-9-10-8(6)7/h1-2,4-6H,3H2,(H,9,10). The Labute approximate surface area is 59.0 Å². The van der Waals surface area contributed by atoms with Crippen LogP contribution in [0.25, 0.3) is 0 Å². The summed E-state index contributed by atoms with van der Waals surface area (Å²) in [7, 11) is 0. The van der Waals surface area contributed by atoms with Crippen LogP contribution in [0.5, 0.6) is 0 Å². The van der Waals surface area contributed by atoms with Crippen molar-refractivity contribution in [3.8, 4) is 0 Å². The molecule has 2 aliphatic carbocycles. The minimum Gasteiger partial charge on any atom is -0.282 e. The highest BCUT2D eigenvalue weighted by Gasteiger charge is 2.33. The van der Waals surface area contributed by atoms with Gasteiger partial charge in [0.2, 0.25) is 0 Å². The molecule has 1 aromatic rings. The molecule has 0 aromatic carbocycles. The first kappa shape index (κ1) is 4.72. The van der Waals surface area contributed by atoms with Gasteiger partial charge in [-0.05, 0) is 6.42 Å². The molecule has 0 fully saturated rings. The van der Waals surface area contributed by atoms with Gasteiger partial charge >= 0.3 is 0 Å². The molecule has 2 atom stereocenters. The Morgan fingerprint density at radius 1 is 1.40 bits per heavy atom. The maximum Gasteiger partial charge on any atom is 0.0528 e. The van der Waals surface area contributed by atoms with E-state index in [4.69, 9.17) is 0 Å². The fourth-order valence-corrected chi connectivity index (χ4v) is 2.04. The normalized spacial score (nSPS) is 33.2. The van der Waals surface area contributed by atoms with Gasteiger partial charge in [0.15, 0.2) is 0 Å². The van der Waals surface area contributed by atoms with Crippen LogP contribution in [-0.4, -0.2) is 10.2 Å². The number of aromatic nitrogens is 2. The van der Waals surface area contributed by atoms with Crippen molar-refractivity contribution in [3.63, 3.8) is 0 Å². The first-order valence-corrected chi connectivity index (χ1v) is 3.66. The topological polar surface area (TPSA) is 28.7 Å².